The largest absolute Gasteiger partial charge is 0.489 e. The average Bonchev–Trinajstić information content (AvgIpc) is 2.54. The quantitative estimate of drug-likeness (QED) is 0.889. The first kappa shape index (κ1) is 16.0. The molecule has 0 bridgehead atoms. The van der Waals surface area contributed by atoms with Gasteiger partial charge in [0.25, 0.3) is 5.91 Å². The summed E-state index contributed by atoms with van der Waals surface area (Å²) in [5.74, 6) is 1.10. The highest BCUT2D eigenvalue weighted by Crippen LogP contribution is 2.14. The van der Waals surface area contributed by atoms with E-state index in [1.807, 2.05) is 31.2 Å². The van der Waals surface area contributed by atoms with E-state index in [0.29, 0.717) is 18.1 Å². The van der Waals surface area contributed by atoms with E-state index in [4.69, 9.17) is 4.74 Å². The maximum atomic E-state index is 12.1. The fraction of sp³-hybridized carbons (Fsp3) is 0.333. The predicted molar refractivity (Wildman–Crippen MR) is 86.8 cm³/mol. The molecule has 1 aromatic heterocycles. The Labute approximate surface area is 131 Å². The maximum absolute atomic E-state index is 12.1. The molecule has 116 valence electrons. The molecule has 1 heterocycles. The van der Waals surface area contributed by atoms with Crippen LogP contribution in [0.25, 0.3) is 0 Å². The molecule has 2 rings (SSSR count). The van der Waals surface area contributed by atoms with Crippen LogP contribution in [0.5, 0.6) is 5.75 Å². The van der Waals surface area contributed by atoms with Crippen LogP contribution in [0.2, 0.25) is 0 Å². The highest BCUT2D eigenvalue weighted by Gasteiger charge is 2.12. The lowest BCUT2D eigenvalue weighted by Crippen LogP contribution is -2.36. The molecule has 0 aliphatic heterocycles. The summed E-state index contributed by atoms with van der Waals surface area (Å²) >= 11 is 0. The lowest BCUT2D eigenvalue weighted by molar-refractivity contribution is 0.0930. The van der Waals surface area contributed by atoms with E-state index in [1.165, 1.54) is 0 Å². The van der Waals surface area contributed by atoms with Gasteiger partial charge in [-0.3, -0.25) is 9.78 Å². The van der Waals surface area contributed by atoms with Gasteiger partial charge in [-0.15, -0.1) is 0 Å². The van der Waals surface area contributed by atoms with Crippen molar-refractivity contribution < 1.29 is 9.53 Å². The molecule has 0 saturated heterocycles. The van der Waals surface area contributed by atoms with E-state index in [-0.39, 0.29) is 11.9 Å². The van der Waals surface area contributed by atoms with Gasteiger partial charge in [0.15, 0.2) is 0 Å². The highest BCUT2D eigenvalue weighted by molar-refractivity contribution is 5.94. The van der Waals surface area contributed by atoms with Gasteiger partial charge in [0, 0.05) is 24.0 Å². The summed E-state index contributed by atoms with van der Waals surface area (Å²) in [7, 11) is 0. The van der Waals surface area contributed by atoms with Crippen LogP contribution in [-0.2, 0) is 6.61 Å². The second-order valence-corrected chi connectivity index (χ2v) is 5.67. The van der Waals surface area contributed by atoms with Crippen LogP contribution in [0.3, 0.4) is 0 Å². The first-order valence-electron chi connectivity index (χ1n) is 7.49. The normalized spacial score (nSPS) is 12.0. The Morgan fingerprint density at radius 1 is 1.09 bits per heavy atom. The Kier molecular flexibility index (Phi) is 5.53. The first-order chi connectivity index (χ1) is 10.6. The zero-order chi connectivity index (χ0) is 15.9. The summed E-state index contributed by atoms with van der Waals surface area (Å²) < 4.78 is 5.69. The average molecular weight is 298 g/mol. The number of aromatic nitrogens is 1. The third-order valence-corrected chi connectivity index (χ3v) is 3.63. The molecule has 22 heavy (non-hydrogen) atoms. The SMILES string of the molecule is CC(C)C(C)NC(=O)c1ccc(OCc2ccncc2)cc1. The van der Waals surface area contributed by atoms with Crippen molar-refractivity contribution in [2.75, 3.05) is 0 Å². The fourth-order valence-electron chi connectivity index (χ4n) is 1.80. The molecular weight excluding hydrogens is 276 g/mol. The number of hydrogen-bond donors (Lipinski definition) is 1. The first-order valence-corrected chi connectivity index (χ1v) is 7.49. The molecule has 1 unspecified atom stereocenters. The van der Waals surface area contributed by atoms with Crippen molar-refractivity contribution in [3.63, 3.8) is 0 Å². The molecule has 0 aliphatic rings. The topological polar surface area (TPSA) is 51.2 Å². The minimum atomic E-state index is -0.0538. The number of pyridine rings is 1. The lowest BCUT2D eigenvalue weighted by Gasteiger charge is -2.17. The minimum absolute atomic E-state index is 0.0538. The van der Waals surface area contributed by atoms with Crippen LogP contribution in [0.1, 0.15) is 36.7 Å². The van der Waals surface area contributed by atoms with E-state index < -0.39 is 0 Å². The number of rotatable bonds is 6. The second kappa shape index (κ2) is 7.59. The number of benzene rings is 1. The number of amides is 1. The lowest BCUT2D eigenvalue weighted by atomic mass is 10.1. The summed E-state index contributed by atoms with van der Waals surface area (Å²) in [5.41, 5.74) is 1.70. The van der Waals surface area contributed by atoms with Gasteiger partial charge in [-0.05, 0) is 54.8 Å². The molecule has 0 fully saturated rings. The van der Waals surface area contributed by atoms with Gasteiger partial charge in [0.1, 0.15) is 12.4 Å². The Morgan fingerprint density at radius 3 is 2.32 bits per heavy atom. The summed E-state index contributed by atoms with van der Waals surface area (Å²) in [6, 6.07) is 11.2. The third kappa shape index (κ3) is 4.58. The van der Waals surface area contributed by atoms with Crippen molar-refractivity contribution >= 4 is 5.91 Å². The Morgan fingerprint density at radius 2 is 1.73 bits per heavy atom. The van der Waals surface area contributed by atoms with E-state index in [2.05, 4.69) is 24.1 Å². The highest BCUT2D eigenvalue weighted by atomic mass is 16.5. The van der Waals surface area contributed by atoms with Crippen LogP contribution < -0.4 is 10.1 Å². The summed E-state index contributed by atoms with van der Waals surface area (Å²) in [6.07, 6.45) is 3.48. The van der Waals surface area contributed by atoms with Crippen molar-refractivity contribution in [2.24, 2.45) is 5.92 Å². The Hall–Kier alpha value is -2.36. The van der Waals surface area contributed by atoms with Gasteiger partial charge in [-0.25, -0.2) is 0 Å². The fourth-order valence-corrected chi connectivity index (χ4v) is 1.80. The number of ether oxygens (including phenoxy) is 1. The monoisotopic (exact) mass is 298 g/mol. The van der Waals surface area contributed by atoms with Gasteiger partial charge in [0.2, 0.25) is 0 Å². The third-order valence-electron chi connectivity index (χ3n) is 3.63. The summed E-state index contributed by atoms with van der Waals surface area (Å²) in [5, 5.41) is 2.99. The standard InChI is InChI=1S/C18H22N2O2/c1-13(2)14(3)20-18(21)16-4-6-17(7-5-16)22-12-15-8-10-19-11-9-15/h4-11,13-14H,12H2,1-3H3,(H,20,21). The predicted octanol–water partition coefficient (Wildman–Crippen LogP) is 3.43. The molecule has 2 aromatic rings. The maximum Gasteiger partial charge on any atom is 0.251 e. The van der Waals surface area contributed by atoms with E-state index >= 15 is 0 Å². The minimum Gasteiger partial charge on any atom is -0.489 e. The van der Waals surface area contributed by atoms with Gasteiger partial charge in [-0.1, -0.05) is 13.8 Å². The van der Waals surface area contributed by atoms with E-state index in [0.717, 1.165) is 11.3 Å². The zero-order valence-corrected chi connectivity index (χ0v) is 13.2. The van der Waals surface area contributed by atoms with Gasteiger partial charge in [0.05, 0.1) is 0 Å². The Bertz CT molecular complexity index is 594. The van der Waals surface area contributed by atoms with Crippen LogP contribution in [0.15, 0.2) is 48.8 Å². The van der Waals surface area contributed by atoms with Crippen LogP contribution in [0, 0.1) is 5.92 Å². The molecule has 0 spiro atoms. The number of carbonyl (C=O) groups excluding carboxylic acids is 1. The second-order valence-electron chi connectivity index (χ2n) is 5.67. The molecule has 0 saturated carbocycles. The molecular formula is C18H22N2O2. The molecule has 1 aromatic carbocycles. The molecule has 4 heteroatoms. The molecule has 0 radical (unpaired) electrons. The molecule has 4 nitrogen and oxygen atoms in total. The van der Waals surface area contributed by atoms with E-state index in [1.54, 1.807) is 24.5 Å². The molecule has 1 N–H and O–H groups in total. The van der Waals surface area contributed by atoms with Crippen LogP contribution >= 0.6 is 0 Å². The van der Waals surface area contributed by atoms with Crippen molar-refractivity contribution in [1.29, 1.82) is 0 Å². The zero-order valence-electron chi connectivity index (χ0n) is 13.2. The number of carbonyl (C=O) groups is 1. The van der Waals surface area contributed by atoms with Gasteiger partial charge < -0.3 is 10.1 Å². The summed E-state index contributed by atoms with van der Waals surface area (Å²) in [6.45, 7) is 6.66. The van der Waals surface area contributed by atoms with Crippen molar-refractivity contribution in [3.8, 4) is 5.75 Å². The number of hydrogen-bond acceptors (Lipinski definition) is 3. The van der Waals surface area contributed by atoms with Crippen molar-refractivity contribution in [3.05, 3.63) is 59.9 Å². The Balaban J connectivity index is 1.91. The summed E-state index contributed by atoms with van der Waals surface area (Å²) in [4.78, 5) is 16.1. The van der Waals surface area contributed by atoms with Crippen LogP contribution in [0.4, 0.5) is 0 Å². The van der Waals surface area contributed by atoms with Crippen LogP contribution in [-0.4, -0.2) is 16.9 Å². The molecule has 0 aliphatic carbocycles. The van der Waals surface area contributed by atoms with Gasteiger partial charge >= 0.3 is 0 Å². The molecule has 1 atom stereocenters. The van der Waals surface area contributed by atoms with Gasteiger partial charge in [-0.2, -0.15) is 0 Å². The number of nitrogens with zero attached hydrogens (tertiary/aromatic N) is 1. The smallest absolute Gasteiger partial charge is 0.251 e. The van der Waals surface area contributed by atoms with Crippen molar-refractivity contribution in [2.45, 2.75) is 33.4 Å². The number of nitrogens with one attached hydrogen (secondary N) is 1. The van der Waals surface area contributed by atoms with Crippen molar-refractivity contribution in [1.82, 2.24) is 10.3 Å². The molecule has 1 amide bonds. The van der Waals surface area contributed by atoms with E-state index in [9.17, 15) is 4.79 Å².